The fourth-order valence-electron chi connectivity index (χ4n) is 1.45. The van der Waals surface area contributed by atoms with Crippen LogP contribution in [0.1, 0.15) is 23.8 Å². The van der Waals surface area contributed by atoms with Gasteiger partial charge in [-0.25, -0.2) is 0 Å². The molecule has 0 aliphatic heterocycles. The largest absolute Gasteiger partial charge is 0.384 e. The molecule has 1 rings (SSSR count). The quantitative estimate of drug-likeness (QED) is 0.809. The molecule has 0 radical (unpaired) electrons. The van der Waals surface area contributed by atoms with Crippen molar-refractivity contribution in [2.24, 2.45) is 0 Å². The van der Waals surface area contributed by atoms with Crippen molar-refractivity contribution in [1.29, 1.82) is 5.26 Å². The molecule has 0 unspecified atom stereocenters. The minimum Gasteiger partial charge on any atom is -0.384 e. The van der Waals surface area contributed by atoms with E-state index in [2.05, 4.69) is 29.7 Å². The molecule has 1 aromatic heterocycles. The number of nitrogens with zero attached hydrogens (tertiary/aromatic N) is 2. The van der Waals surface area contributed by atoms with Crippen LogP contribution < -0.4 is 0 Å². The van der Waals surface area contributed by atoms with Gasteiger partial charge in [-0.1, -0.05) is 18.8 Å². The Labute approximate surface area is 106 Å². The second-order valence-electron chi connectivity index (χ2n) is 3.54. The molecule has 0 atom stereocenters. The topological polar surface area (TPSA) is 47.3 Å². The van der Waals surface area contributed by atoms with Gasteiger partial charge in [0.15, 0.2) is 0 Å². The molecule has 0 saturated carbocycles. The first-order valence-electron chi connectivity index (χ1n) is 5.56. The molecule has 90 valence electrons. The van der Waals surface area contributed by atoms with Gasteiger partial charge in [0.25, 0.3) is 0 Å². The Hall–Kier alpha value is -1.33. The minimum absolute atomic E-state index is 0.103. The highest BCUT2D eigenvalue weighted by Crippen LogP contribution is 2.16. The van der Waals surface area contributed by atoms with Crippen LogP contribution in [0.15, 0.2) is 11.4 Å². The molecule has 0 spiro atoms. The Morgan fingerprint density at radius 2 is 2.35 bits per heavy atom. The summed E-state index contributed by atoms with van der Waals surface area (Å²) in [6.07, 6.45) is 0.566. The van der Waals surface area contributed by atoms with Crippen LogP contribution in [0.3, 0.4) is 0 Å². The number of aliphatic hydroxyl groups excluding tert-OH is 1. The molecule has 17 heavy (non-hydrogen) atoms. The van der Waals surface area contributed by atoms with Crippen LogP contribution in [0.2, 0.25) is 0 Å². The van der Waals surface area contributed by atoms with E-state index in [9.17, 15) is 0 Å². The van der Waals surface area contributed by atoms with Gasteiger partial charge in [0.2, 0.25) is 0 Å². The summed E-state index contributed by atoms with van der Waals surface area (Å²) in [6, 6.07) is 4.21. The summed E-state index contributed by atoms with van der Waals surface area (Å²) in [5.74, 6) is 5.52. The number of aliphatic hydroxyl groups is 1. The third-order valence-corrected chi connectivity index (χ3v) is 3.25. The fraction of sp³-hybridized carbons (Fsp3) is 0.462. The van der Waals surface area contributed by atoms with E-state index < -0.39 is 0 Å². The molecular formula is C13H16N2OS. The molecule has 1 N–H and O–H groups in total. The number of rotatable bonds is 5. The van der Waals surface area contributed by atoms with E-state index in [4.69, 9.17) is 10.4 Å². The summed E-state index contributed by atoms with van der Waals surface area (Å²) < 4.78 is 0. The van der Waals surface area contributed by atoms with Crippen molar-refractivity contribution in [3.05, 3.63) is 21.9 Å². The smallest absolute Gasteiger partial charge is 0.104 e. The average molecular weight is 248 g/mol. The van der Waals surface area contributed by atoms with Crippen LogP contribution in [0.25, 0.3) is 0 Å². The van der Waals surface area contributed by atoms with E-state index in [0.29, 0.717) is 6.42 Å². The number of nitriles is 1. The van der Waals surface area contributed by atoms with Crippen LogP contribution in [-0.4, -0.2) is 29.7 Å². The van der Waals surface area contributed by atoms with Gasteiger partial charge in [0, 0.05) is 35.3 Å². The van der Waals surface area contributed by atoms with Crippen LogP contribution >= 0.6 is 11.3 Å². The van der Waals surface area contributed by atoms with E-state index >= 15 is 0 Å². The van der Waals surface area contributed by atoms with Gasteiger partial charge >= 0.3 is 0 Å². The fourth-order valence-corrected chi connectivity index (χ4v) is 2.31. The van der Waals surface area contributed by atoms with E-state index in [1.807, 2.05) is 11.4 Å². The van der Waals surface area contributed by atoms with Gasteiger partial charge < -0.3 is 5.11 Å². The zero-order valence-corrected chi connectivity index (χ0v) is 10.8. The predicted octanol–water partition coefficient (Wildman–Crippen LogP) is 1.83. The first kappa shape index (κ1) is 13.7. The lowest BCUT2D eigenvalue weighted by Gasteiger charge is -2.17. The maximum atomic E-state index is 8.61. The predicted molar refractivity (Wildman–Crippen MR) is 69.5 cm³/mol. The van der Waals surface area contributed by atoms with Crippen molar-refractivity contribution >= 4 is 11.3 Å². The molecule has 0 amide bonds. The zero-order valence-electron chi connectivity index (χ0n) is 9.94. The third kappa shape index (κ3) is 5.01. The standard InChI is InChI=1S/C13H16N2OS/c1-2-15(7-4-6-14)10-13-9-12(11-17-13)5-3-8-16/h9,11,16H,2,4,7-8,10H2,1H3. The van der Waals surface area contributed by atoms with Gasteiger partial charge in [0.05, 0.1) is 6.07 Å². The third-order valence-electron chi connectivity index (χ3n) is 2.33. The lowest BCUT2D eigenvalue weighted by Crippen LogP contribution is -2.23. The highest BCUT2D eigenvalue weighted by atomic mass is 32.1. The lowest BCUT2D eigenvalue weighted by molar-refractivity contribution is 0.289. The van der Waals surface area contributed by atoms with Gasteiger partial charge in [-0.3, -0.25) is 4.90 Å². The number of hydrogen-bond donors (Lipinski definition) is 1. The summed E-state index contributed by atoms with van der Waals surface area (Å²) in [5.41, 5.74) is 0.954. The number of thiophene rings is 1. The maximum Gasteiger partial charge on any atom is 0.104 e. The highest BCUT2D eigenvalue weighted by Gasteiger charge is 2.05. The van der Waals surface area contributed by atoms with Crippen molar-refractivity contribution in [2.75, 3.05) is 19.7 Å². The van der Waals surface area contributed by atoms with Crippen LogP contribution in [-0.2, 0) is 6.54 Å². The maximum absolute atomic E-state index is 8.61. The summed E-state index contributed by atoms with van der Waals surface area (Å²) >= 11 is 1.67. The Morgan fingerprint density at radius 3 is 3.00 bits per heavy atom. The molecule has 3 nitrogen and oxygen atoms in total. The van der Waals surface area contributed by atoms with Crippen molar-refractivity contribution in [2.45, 2.75) is 19.9 Å². The summed E-state index contributed by atoms with van der Waals surface area (Å²) in [5, 5.41) is 19.2. The molecule has 4 heteroatoms. The molecule has 0 saturated heterocycles. The van der Waals surface area contributed by atoms with Crippen molar-refractivity contribution in [3.8, 4) is 17.9 Å². The van der Waals surface area contributed by atoms with E-state index in [-0.39, 0.29) is 6.61 Å². The molecule has 1 aromatic rings. The van der Waals surface area contributed by atoms with Crippen molar-refractivity contribution in [3.63, 3.8) is 0 Å². The Balaban J connectivity index is 2.55. The monoisotopic (exact) mass is 248 g/mol. The van der Waals surface area contributed by atoms with E-state index in [0.717, 1.165) is 25.2 Å². The molecule has 0 fully saturated rings. The molecular weight excluding hydrogens is 232 g/mol. The van der Waals surface area contributed by atoms with Gasteiger partial charge in [0.1, 0.15) is 6.61 Å². The second-order valence-corrected chi connectivity index (χ2v) is 4.53. The SMILES string of the molecule is CCN(CCC#N)Cc1cc(C#CCO)cs1. The first-order valence-corrected chi connectivity index (χ1v) is 6.44. The Morgan fingerprint density at radius 1 is 1.53 bits per heavy atom. The molecule has 0 aromatic carbocycles. The molecule has 0 bridgehead atoms. The van der Waals surface area contributed by atoms with Gasteiger partial charge in [-0.2, -0.15) is 5.26 Å². The lowest BCUT2D eigenvalue weighted by atomic mass is 10.3. The summed E-state index contributed by atoms with van der Waals surface area (Å²) in [7, 11) is 0. The highest BCUT2D eigenvalue weighted by molar-refractivity contribution is 7.10. The van der Waals surface area contributed by atoms with E-state index in [1.165, 1.54) is 4.88 Å². The Kier molecular flexibility index (Phi) is 6.35. The molecule has 0 aliphatic rings. The van der Waals surface area contributed by atoms with Crippen molar-refractivity contribution < 1.29 is 5.11 Å². The van der Waals surface area contributed by atoms with Crippen LogP contribution in [0.5, 0.6) is 0 Å². The van der Waals surface area contributed by atoms with Gasteiger partial charge in [-0.15, -0.1) is 11.3 Å². The van der Waals surface area contributed by atoms with Gasteiger partial charge in [-0.05, 0) is 12.6 Å². The normalized spacial score (nSPS) is 9.76. The average Bonchev–Trinajstić information content (AvgIpc) is 2.79. The molecule has 0 aliphatic carbocycles. The van der Waals surface area contributed by atoms with Crippen molar-refractivity contribution in [1.82, 2.24) is 4.90 Å². The zero-order chi connectivity index (χ0) is 12.5. The number of hydrogen-bond acceptors (Lipinski definition) is 4. The van der Waals surface area contributed by atoms with Crippen LogP contribution in [0.4, 0.5) is 0 Å². The molecule has 1 heterocycles. The Bertz CT molecular complexity index is 436. The summed E-state index contributed by atoms with van der Waals surface area (Å²) in [6.45, 7) is 4.61. The van der Waals surface area contributed by atoms with E-state index in [1.54, 1.807) is 11.3 Å². The first-order chi connectivity index (χ1) is 8.30. The van der Waals surface area contributed by atoms with Crippen LogP contribution in [0, 0.1) is 23.2 Å². The second kappa shape index (κ2) is 7.86. The minimum atomic E-state index is -0.103. The summed E-state index contributed by atoms with van der Waals surface area (Å²) in [4.78, 5) is 3.48.